The Morgan fingerprint density at radius 3 is 2.26 bits per heavy atom. The summed E-state index contributed by atoms with van der Waals surface area (Å²) in [4.78, 5) is 29.2. The Labute approximate surface area is 163 Å². The number of likely N-dealkylation sites (N-methyl/N-ethyl adjacent to an activating group) is 1. The number of anilines is 1. The van der Waals surface area contributed by atoms with Crippen molar-refractivity contribution in [2.24, 2.45) is 0 Å². The van der Waals surface area contributed by atoms with Gasteiger partial charge in [-0.2, -0.15) is 0 Å². The Kier molecular flexibility index (Phi) is 5.35. The van der Waals surface area contributed by atoms with Crippen LogP contribution in [0.2, 0.25) is 5.02 Å². The first-order chi connectivity index (χ1) is 12.8. The quantitative estimate of drug-likeness (QED) is 0.804. The van der Waals surface area contributed by atoms with E-state index in [9.17, 15) is 14.7 Å². The molecule has 1 aliphatic heterocycles. The van der Waals surface area contributed by atoms with Crippen molar-refractivity contribution in [1.29, 1.82) is 0 Å². The largest absolute Gasteiger partial charge is 0.395 e. The second-order valence-electron chi connectivity index (χ2n) is 6.59. The number of hydrogen-bond acceptors (Lipinski definition) is 4. The van der Waals surface area contributed by atoms with Gasteiger partial charge in [0.25, 0.3) is 11.8 Å². The minimum Gasteiger partial charge on any atom is -0.395 e. The molecular weight excluding hydrogens is 364 g/mol. The van der Waals surface area contributed by atoms with E-state index in [1.807, 2.05) is 26.0 Å². The summed E-state index contributed by atoms with van der Waals surface area (Å²) in [6, 6.07) is 12.3. The van der Waals surface area contributed by atoms with Gasteiger partial charge >= 0.3 is 0 Å². The summed E-state index contributed by atoms with van der Waals surface area (Å²) in [7, 11) is 1.69. The molecule has 0 saturated heterocycles. The molecule has 0 aromatic heterocycles. The normalized spacial score (nSPS) is 14.3. The fraction of sp³-hybridized carbons (Fsp3) is 0.238. The molecular formula is C21H21ClN2O3. The van der Waals surface area contributed by atoms with Gasteiger partial charge in [0.2, 0.25) is 0 Å². The van der Waals surface area contributed by atoms with Crippen molar-refractivity contribution in [3.8, 4) is 0 Å². The number of benzene rings is 2. The van der Waals surface area contributed by atoms with Gasteiger partial charge < -0.3 is 10.0 Å². The molecule has 2 amide bonds. The molecule has 1 aliphatic rings. The third-order valence-electron chi connectivity index (χ3n) is 4.76. The highest BCUT2D eigenvalue weighted by Crippen LogP contribution is 2.35. The molecule has 140 valence electrons. The van der Waals surface area contributed by atoms with E-state index in [1.165, 1.54) is 4.90 Å². The van der Waals surface area contributed by atoms with Gasteiger partial charge in [0, 0.05) is 18.6 Å². The first kappa shape index (κ1) is 19.1. The molecule has 0 unspecified atom stereocenters. The van der Waals surface area contributed by atoms with Gasteiger partial charge in [-0.1, -0.05) is 29.8 Å². The number of halogens is 1. The summed E-state index contributed by atoms with van der Waals surface area (Å²) in [6.45, 7) is 4.03. The molecule has 1 N–H and O–H groups in total. The zero-order valence-corrected chi connectivity index (χ0v) is 16.2. The fourth-order valence-electron chi connectivity index (χ4n) is 3.11. The van der Waals surface area contributed by atoms with Crippen LogP contribution in [-0.2, 0) is 9.59 Å². The van der Waals surface area contributed by atoms with Gasteiger partial charge in [-0.05, 0) is 54.8 Å². The number of aryl methyl sites for hydroxylation is 2. The van der Waals surface area contributed by atoms with Gasteiger partial charge in [-0.25, -0.2) is 4.90 Å². The minimum atomic E-state index is -0.399. The van der Waals surface area contributed by atoms with Gasteiger partial charge in [0.1, 0.15) is 5.70 Å². The van der Waals surface area contributed by atoms with Crippen molar-refractivity contribution in [2.45, 2.75) is 13.8 Å². The molecule has 2 aromatic rings. The highest BCUT2D eigenvalue weighted by Gasteiger charge is 2.41. The smallest absolute Gasteiger partial charge is 0.282 e. The fourth-order valence-corrected chi connectivity index (χ4v) is 3.24. The Bertz CT molecular complexity index is 935. The van der Waals surface area contributed by atoms with Crippen LogP contribution < -0.4 is 4.90 Å². The third-order valence-corrected chi connectivity index (χ3v) is 5.01. The molecule has 0 radical (unpaired) electrons. The van der Waals surface area contributed by atoms with Gasteiger partial charge in [0.05, 0.1) is 17.9 Å². The Hall–Kier alpha value is -2.63. The number of rotatable bonds is 5. The molecule has 5 nitrogen and oxygen atoms in total. The minimum absolute atomic E-state index is 0.126. The van der Waals surface area contributed by atoms with Crippen LogP contribution in [-0.4, -0.2) is 42.0 Å². The number of aliphatic hydroxyl groups is 1. The van der Waals surface area contributed by atoms with E-state index >= 15 is 0 Å². The lowest BCUT2D eigenvalue weighted by atomic mass is 10.0. The number of imide groups is 1. The second-order valence-corrected chi connectivity index (χ2v) is 7.03. The highest BCUT2D eigenvalue weighted by molar-refractivity contribution is 6.45. The van der Waals surface area contributed by atoms with Crippen molar-refractivity contribution in [3.05, 3.63) is 69.9 Å². The lowest BCUT2D eigenvalue weighted by Gasteiger charge is -2.20. The van der Waals surface area contributed by atoms with Crippen LogP contribution in [0.5, 0.6) is 0 Å². The van der Waals surface area contributed by atoms with Crippen LogP contribution >= 0.6 is 11.6 Å². The van der Waals surface area contributed by atoms with E-state index < -0.39 is 5.91 Å². The van der Waals surface area contributed by atoms with Gasteiger partial charge in [-0.3, -0.25) is 9.59 Å². The molecule has 0 saturated carbocycles. The van der Waals surface area contributed by atoms with E-state index in [-0.39, 0.29) is 24.8 Å². The zero-order valence-electron chi connectivity index (χ0n) is 15.5. The van der Waals surface area contributed by atoms with Crippen LogP contribution in [0.3, 0.4) is 0 Å². The summed E-state index contributed by atoms with van der Waals surface area (Å²) in [5, 5.41) is 9.85. The maximum absolute atomic E-state index is 13.2. The van der Waals surface area contributed by atoms with Crippen molar-refractivity contribution in [2.75, 3.05) is 25.1 Å². The van der Waals surface area contributed by atoms with E-state index in [0.29, 0.717) is 21.8 Å². The molecule has 0 atom stereocenters. The summed E-state index contributed by atoms with van der Waals surface area (Å²) < 4.78 is 0. The van der Waals surface area contributed by atoms with Crippen LogP contribution in [0.4, 0.5) is 5.69 Å². The Morgan fingerprint density at radius 1 is 1.00 bits per heavy atom. The molecule has 0 aliphatic carbocycles. The van der Waals surface area contributed by atoms with E-state index in [2.05, 4.69) is 0 Å². The second kappa shape index (κ2) is 7.55. The summed E-state index contributed by atoms with van der Waals surface area (Å²) in [5.41, 5.74) is 3.82. The van der Waals surface area contributed by atoms with Gasteiger partial charge in [0.15, 0.2) is 0 Å². The predicted octanol–water partition coefficient (Wildman–Crippen LogP) is 3.17. The standard InChI is InChI=1S/C21H21ClN2O3/c1-13-4-9-17(12-14(13)2)24-20(26)18(15-5-7-16(22)8-6-15)19(21(24)27)23(3)10-11-25/h4-9,12,25H,10-11H2,1-3H3. The van der Waals surface area contributed by atoms with Crippen molar-refractivity contribution >= 4 is 34.7 Å². The molecule has 3 rings (SSSR count). The van der Waals surface area contributed by atoms with Crippen LogP contribution in [0.1, 0.15) is 16.7 Å². The topological polar surface area (TPSA) is 60.9 Å². The Morgan fingerprint density at radius 2 is 1.67 bits per heavy atom. The lowest BCUT2D eigenvalue weighted by Crippen LogP contribution is -2.35. The van der Waals surface area contributed by atoms with E-state index in [1.54, 1.807) is 42.3 Å². The van der Waals surface area contributed by atoms with Crippen LogP contribution in [0.15, 0.2) is 48.2 Å². The Balaban J connectivity index is 2.13. The van der Waals surface area contributed by atoms with E-state index in [4.69, 9.17) is 11.6 Å². The number of nitrogens with zero attached hydrogens (tertiary/aromatic N) is 2. The summed E-state index contributed by atoms with van der Waals surface area (Å²) in [5.74, 6) is -0.783. The molecule has 6 heteroatoms. The lowest BCUT2D eigenvalue weighted by molar-refractivity contribution is -0.120. The molecule has 2 aromatic carbocycles. The molecule has 0 bridgehead atoms. The van der Waals surface area contributed by atoms with Crippen molar-refractivity contribution < 1.29 is 14.7 Å². The van der Waals surface area contributed by atoms with Gasteiger partial charge in [-0.15, -0.1) is 0 Å². The zero-order chi connectivity index (χ0) is 19.7. The maximum Gasteiger partial charge on any atom is 0.282 e. The molecule has 0 spiro atoms. The maximum atomic E-state index is 13.2. The first-order valence-corrected chi connectivity index (χ1v) is 9.01. The van der Waals surface area contributed by atoms with Crippen LogP contribution in [0, 0.1) is 13.8 Å². The number of amides is 2. The summed E-state index contributed by atoms with van der Waals surface area (Å²) >= 11 is 5.97. The molecule has 1 heterocycles. The van der Waals surface area contributed by atoms with E-state index in [0.717, 1.165) is 11.1 Å². The average Bonchev–Trinajstić information content (AvgIpc) is 2.89. The SMILES string of the molecule is Cc1ccc(N2C(=O)C(c3ccc(Cl)cc3)=C(N(C)CCO)C2=O)cc1C. The van der Waals surface area contributed by atoms with Crippen molar-refractivity contribution in [1.82, 2.24) is 4.90 Å². The molecule has 27 heavy (non-hydrogen) atoms. The number of carbonyl (C=O) groups is 2. The van der Waals surface area contributed by atoms with Crippen molar-refractivity contribution in [3.63, 3.8) is 0 Å². The van der Waals surface area contributed by atoms with Crippen LogP contribution in [0.25, 0.3) is 5.57 Å². The summed E-state index contributed by atoms with van der Waals surface area (Å²) in [6.07, 6.45) is 0. The third kappa shape index (κ3) is 3.48. The first-order valence-electron chi connectivity index (χ1n) is 8.63. The average molecular weight is 385 g/mol. The highest BCUT2D eigenvalue weighted by atomic mass is 35.5. The monoisotopic (exact) mass is 384 g/mol. The molecule has 0 fully saturated rings. The number of aliphatic hydroxyl groups excluding tert-OH is 1. The predicted molar refractivity (Wildman–Crippen MR) is 106 cm³/mol. The number of hydrogen-bond donors (Lipinski definition) is 1. The number of carbonyl (C=O) groups excluding carboxylic acids is 2.